The van der Waals surface area contributed by atoms with Crippen molar-refractivity contribution in [2.45, 2.75) is 12.6 Å². The average Bonchev–Trinajstić information content (AvgIpc) is 2.29. The minimum Gasteiger partial charge on any atom is -0.306 e. The van der Waals surface area contributed by atoms with Gasteiger partial charge >= 0.3 is 7.67 Å². The summed E-state index contributed by atoms with van der Waals surface area (Å²) in [5.74, 6) is 0.632. The molecule has 1 saturated heterocycles. The van der Waals surface area contributed by atoms with E-state index in [2.05, 4.69) is 9.97 Å². The number of rotatable bonds is 6. The van der Waals surface area contributed by atoms with E-state index in [1.807, 2.05) is 0 Å². The molecule has 9 heteroatoms. The minimum atomic E-state index is -3.20. The maximum Gasteiger partial charge on any atom is 0.345 e. The van der Waals surface area contributed by atoms with Gasteiger partial charge in [-0.2, -0.15) is 0 Å². The summed E-state index contributed by atoms with van der Waals surface area (Å²) in [4.78, 5) is 4.14. The highest BCUT2D eigenvalue weighted by molar-refractivity contribution is 7.54. The van der Waals surface area contributed by atoms with Gasteiger partial charge in [-0.05, 0) is 0 Å². The average molecular weight is 293 g/mol. The van der Waals surface area contributed by atoms with Crippen molar-refractivity contribution in [1.29, 1.82) is 0 Å². The Hall–Kier alpha value is 0.610. The van der Waals surface area contributed by atoms with E-state index in [-0.39, 0.29) is 6.61 Å². The van der Waals surface area contributed by atoms with Crippen LogP contribution in [-0.2, 0) is 14.0 Å². The molecule has 96 valence electrons. The van der Waals surface area contributed by atoms with Gasteiger partial charge in [-0.25, -0.2) is 14.6 Å². The van der Waals surface area contributed by atoms with Crippen molar-refractivity contribution in [3.63, 3.8) is 0 Å². The lowest BCUT2D eigenvalue weighted by atomic mass is 10.4. The van der Waals surface area contributed by atoms with Crippen LogP contribution in [0.1, 0.15) is 6.42 Å². The highest BCUT2D eigenvalue weighted by Gasteiger charge is 2.37. The molecule has 1 aliphatic rings. The number of nitrogens with zero attached hydrogens (tertiary/aromatic N) is 1. The maximum atomic E-state index is 12.4. The van der Waals surface area contributed by atoms with Crippen LogP contribution in [0.15, 0.2) is 0 Å². The molecule has 0 aromatic heterocycles. The molecule has 1 heterocycles. The van der Waals surface area contributed by atoms with Crippen molar-refractivity contribution in [1.82, 2.24) is 9.76 Å². The molecule has 2 atom stereocenters. The van der Waals surface area contributed by atoms with Gasteiger partial charge in [0.15, 0.2) is 6.23 Å². The Balaban J connectivity index is 2.67. The topological polar surface area (TPSA) is 71.0 Å². The van der Waals surface area contributed by atoms with Gasteiger partial charge in [0.2, 0.25) is 0 Å². The van der Waals surface area contributed by atoms with Crippen molar-refractivity contribution < 1.29 is 19.2 Å². The third kappa shape index (κ3) is 3.82. The van der Waals surface area contributed by atoms with Crippen molar-refractivity contribution in [2.75, 3.05) is 31.5 Å². The fourth-order valence-corrected chi connectivity index (χ4v) is 4.04. The molecule has 0 saturated carbocycles. The molecule has 0 bridgehead atoms. The number of halogens is 2. The second-order valence-corrected chi connectivity index (χ2v) is 6.08. The van der Waals surface area contributed by atoms with Gasteiger partial charge in [0.05, 0.1) is 6.61 Å². The van der Waals surface area contributed by atoms with Crippen molar-refractivity contribution in [3.8, 4) is 0 Å². The first kappa shape index (κ1) is 14.7. The number of alkyl halides is 2. The quantitative estimate of drug-likeness (QED) is 0.336. The van der Waals surface area contributed by atoms with E-state index in [9.17, 15) is 4.57 Å². The molecule has 0 aromatic carbocycles. The van der Waals surface area contributed by atoms with Gasteiger partial charge in [0, 0.05) is 31.3 Å². The molecular formula is C7H15Cl2N2O4P. The van der Waals surface area contributed by atoms with Crippen LogP contribution in [-0.4, -0.2) is 47.6 Å². The number of hydrogen-bond donors (Lipinski definition) is 2. The van der Waals surface area contributed by atoms with Crippen LogP contribution in [0.3, 0.4) is 0 Å². The highest BCUT2D eigenvalue weighted by Crippen LogP contribution is 2.49. The summed E-state index contributed by atoms with van der Waals surface area (Å²) < 4.78 is 19.1. The first-order valence-corrected chi connectivity index (χ1v) is 7.51. The Labute approximate surface area is 104 Å². The van der Waals surface area contributed by atoms with Crippen LogP contribution < -0.4 is 5.09 Å². The molecule has 0 spiro atoms. The summed E-state index contributed by atoms with van der Waals surface area (Å²) >= 11 is 11.2. The second-order valence-electron chi connectivity index (χ2n) is 3.20. The SMILES string of the molecule is O=[P@]1(N(CCCl)CCCl)N[C@@H](OO)CCO1. The first-order valence-electron chi connectivity index (χ1n) is 4.86. The van der Waals surface area contributed by atoms with Crippen LogP contribution >= 0.6 is 30.9 Å². The lowest BCUT2D eigenvalue weighted by Gasteiger charge is -2.35. The van der Waals surface area contributed by atoms with E-state index < -0.39 is 13.9 Å². The molecule has 2 N–H and O–H groups in total. The standard InChI is InChI=1S/C7H15Cl2N2O4P/c8-2-4-11(5-3-9)16(13)10-7(15-12)1-6-14-16/h7,12H,1-6H2,(H,10,13)/t7-,16+/m0/s1. The molecule has 1 rings (SSSR count). The third-order valence-corrected chi connectivity index (χ3v) is 4.77. The Bertz CT molecular complexity index is 253. The summed E-state index contributed by atoms with van der Waals surface area (Å²) in [5.41, 5.74) is 0. The summed E-state index contributed by atoms with van der Waals surface area (Å²) in [6.45, 7) is 1.02. The van der Waals surface area contributed by atoms with Crippen LogP contribution in [0.5, 0.6) is 0 Å². The van der Waals surface area contributed by atoms with E-state index in [4.69, 9.17) is 33.0 Å². The molecule has 0 amide bonds. The highest BCUT2D eigenvalue weighted by atomic mass is 35.5. The molecule has 0 unspecified atom stereocenters. The van der Waals surface area contributed by atoms with Gasteiger partial charge in [0.1, 0.15) is 0 Å². The Morgan fingerprint density at radius 2 is 2.12 bits per heavy atom. The van der Waals surface area contributed by atoms with Crippen LogP contribution in [0.25, 0.3) is 0 Å². The molecule has 0 aliphatic carbocycles. The molecule has 6 nitrogen and oxygen atoms in total. The largest absolute Gasteiger partial charge is 0.345 e. The fourth-order valence-electron chi connectivity index (χ4n) is 1.38. The zero-order valence-corrected chi connectivity index (χ0v) is 11.0. The summed E-state index contributed by atoms with van der Waals surface area (Å²) in [5, 5.41) is 11.2. The summed E-state index contributed by atoms with van der Waals surface area (Å²) in [6, 6.07) is 0. The zero-order chi connectivity index (χ0) is 12.0. The van der Waals surface area contributed by atoms with Crippen LogP contribution in [0.4, 0.5) is 0 Å². The maximum absolute atomic E-state index is 12.4. The second kappa shape index (κ2) is 7.13. The van der Waals surface area contributed by atoms with E-state index in [0.717, 1.165) is 0 Å². The monoisotopic (exact) mass is 292 g/mol. The van der Waals surface area contributed by atoms with Gasteiger partial charge in [-0.15, -0.1) is 23.2 Å². The predicted molar refractivity (Wildman–Crippen MR) is 61.8 cm³/mol. The van der Waals surface area contributed by atoms with E-state index in [0.29, 0.717) is 31.3 Å². The Morgan fingerprint density at radius 1 is 1.50 bits per heavy atom. The lowest BCUT2D eigenvalue weighted by molar-refractivity contribution is -0.286. The normalized spacial score (nSPS) is 30.9. The molecular weight excluding hydrogens is 278 g/mol. The van der Waals surface area contributed by atoms with E-state index >= 15 is 0 Å². The molecule has 1 fully saturated rings. The fraction of sp³-hybridized carbons (Fsp3) is 1.00. The van der Waals surface area contributed by atoms with Crippen LogP contribution in [0, 0.1) is 0 Å². The van der Waals surface area contributed by atoms with E-state index in [1.165, 1.54) is 4.67 Å². The molecule has 16 heavy (non-hydrogen) atoms. The van der Waals surface area contributed by atoms with Crippen molar-refractivity contribution >= 4 is 30.9 Å². The van der Waals surface area contributed by atoms with E-state index in [1.54, 1.807) is 0 Å². The Morgan fingerprint density at radius 3 is 2.62 bits per heavy atom. The minimum absolute atomic E-state index is 0.247. The molecule has 0 radical (unpaired) electrons. The lowest BCUT2D eigenvalue weighted by Crippen LogP contribution is -2.42. The zero-order valence-electron chi connectivity index (χ0n) is 8.64. The number of nitrogens with one attached hydrogen (secondary N) is 1. The predicted octanol–water partition coefficient (Wildman–Crippen LogP) is 1.70. The van der Waals surface area contributed by atoms with Gasteiger partial charge in [-0.1, -0.05) is 0 Å². The Kier molecular flexibility index (Phi) is 6.54. The molecule has 1 aliphatic heterocycles. The van der Waals surface area contributed by atoms with Crippen molar-refractivity contribution in [3.05, 3.63) is 0 Å². The molecule has 0 aromatic rings. The van der Waals surface area contributed by atoms with Crippen LogP contribution in [0.2, 0.25) is 0 Å². The third-order valence-electron chi connectivity index (χ3n) is 2.14. The summed E-state index contributed by atoms with van der Waals surface area (Å²) in [7, 11) is -3.20. The number of hydrogen-bond acceptors (Lipinski definition) is 4. The van der Waals surface area contributed by atoms with Gasteiger partial charge in [-0.3, -0.25) is 9.82 Å². The first-order chi connectivity index (χ1) is 7.66. The van der Waals surface area contributed by atoms with Gasteiger partial charge < -0.3 is 4.52 Å². The summed E-state index contributed by atoms with van der Waals surface area (Å²) in [6.07, 6.45) is -0.261. The smallest absolute Gasteiger partial charge is 0.306 e. The van der Waals surface area contributed by atoms with Gasteiger partial charge in [0.25, 0.3) is 0 Å². The van der Waals surface area contributed by atoms with Crippen molar-refractivity contribution in [2.24, 2.45) is 0 Å².